The van der Waals surface area contributed by atoms with Crippen LogP contribution >= 0.6 is 0 Å². The van der Waals surface area contributed by atoms with Gasteiger partial charge < -0.3 is 14.2 Å². The van der Waals surface area contributed by atoms with Gasteiger partial charge in [-0.05, 0) is 44.7 Å². The first-order valence-corrected chi connectivity index (χ1v) is 11.9. The molecule has 2 amide bonds. The van der Waals surface area contributed by atoms with Gasteiger partial charge in [-0.15, -0.1) is 0 Å². The molecule has 0 N–H and O–H groups in total. The van der Waals surface area contributed by atoms with Crippen LogP contribution in [0.2, 0.25) is 0 Å². The van der Waals surface area contributed by atoms with Gasteiger partial charge in [0.2, 0.25) is 0 Å². The number of hydrogen-bond acceptors (Lipinski definition) is 7. The minimum absolute atomic E-state index is 0.0178. The molecule has 2 atom stereocenters. The monoisotopic (exact) mass is 498 g/mol. The van der Waals surface area contributed by atoms with Crippen LogP contribution in [0.5, 0.6) is 0 Å². The molecule has 0 aliphatic carbocycles. The molecule has 1 heterocycles. The number of rotatable bonds is 7. The first-order valence-electron chi connectivity index (χ1n) is 11.9. The Kier molecular flexibility index (Phi) is 9.30. The van der Waals surface area contributed by atoms with Crippen molar-refractivity contribution >= 4 is 18.2 Å². The zero-order valence-corrected chi connectivity index (χ0v) is 21.2. The third-order valence-electron chi connectivity index (χ3n) is 5.59. The number of methoxy groups -OCH3 is 1. The SMILES string of the molecule is COC(=O)C1CCC(N(OCc2ccccc2)C(=O)OCc2ccccc2)CN1C(=O)OC(C)(C)C. The zero-order chi connectivity index (χ0) is 26.1. The number of ether oxygens (including phenoxy) is 3. The summed E-state index contributed by atoms with van der Waals surface area (Å²) in [5, 5.41) is 1.17. The van der Waals surface area contributed by atoms with Crippen molar-refractivity contribution in [3.8, 4) is 0 Å². The van der Waals surface area contributed by atoms with Crippen LogP contribution in [0.1, 0.15) is 44.7 Å². The Bertz CT molecular complexity index is 1010. The van der Waals surface area contributed by atoms with E-state index in [1.54, 1.807) is 20.8 Å². The fourth-order valence-electron chi connectivity index (χ4n) is 3.85. The second-order valence-corrected chi connectivity index (χ2v) is 9.53. The Morgan fingerprint density at radius 2 is 1.50 bits per heavy atom. The van der Waals surface area contributed by atoms with E-state index < -0.39 is 35.8 Å². The molecule has 0 radical (unpaired) electrons. The van der Waals surface area contributed by atoms with Gasteiger partial charge in [0, 0.05) is 6.54 Å². The van der Waals surface area contributed by atoms with Crippen molar-refractivity contribution in [3.63, 3.8) is 0 Å². The molecule has 0 spiro atoms. The van der Waals surface area contributed by atoms with E-state index in [-0.39, 0.29) is 26.2 Å². The average Bonchev–Trinajstić information content (AvgIpc) is 2.87. The molecule has 3 rings (SSSR count). The van der Waals surface area contributed by atoms with E-state index in [0.29, 0.717) is 6.42 Å². The van der Waals surface area contributed by atoms with Gasteiger partial charge in [-0.1, -0.05) is 60.7 Å². The summed E-state index contributed by atoms with van der Waals surface area (Å²) in [6.45, 7) is 5.45. The quantitative estimate of drug-likeness (QED) is 0.310. The molecule has 1 aliphatic heterocycles. The summed E-state index contributed by atoms with van der Waals surface area (Å²) >= 11 is 0. The van der Waals surface area contributed by atoms with Crippen LogP contribution < -0.4 is 0 Å². The molecule has 2 unspecified atom stereocenters. The fraction of sp³-hybridized carbons (Fsp3) is 0.444. The Labute approximate surface area is 211 Å². The smallest absolute Gasteiger partial charge is 0.434 e. The number of esters is 1. The highest BCUT2D eigenvalue weighted by Gasteiger charge is 2.42. The number of likely N-dealkylation sites (tertiary alicyclic amines) is 1. The topological polar surface area (TPSA) is 94.6 Å². The van der Waals surface area contributed by atoms with E-state index in [9.17, 15) is 14.4 Å². The zero-order valence-electron chi connectivity index (χ0n) is 21.2. The first kappa shape index (κ1) is 27.0. The lowest BCUT2D eigenvalue weighted by Crippen LogP contribution is -2.58. The molecule has 2 aromatic carbocycles. The maximum Gasteiger partial charge on any atom is 0.434 e. The molecule has 0 saturated carbocycles. The maximum atomic E-state index is 13.2. The van der Waals surface area contributed by atoms with Crippen LogP contribution in [0, 0.1) is 0 Å². The summed E-state index contributed by atoms with van der Waals surface area (Å²) in [5.41, 5.74) is 0.937. The van der Waals surface area contributed by atoms with Crippen molar-refractivity contribution in [3.05, 3.63) is 71.8 Å². The van der Waals surface area contributed by atoms with Gasteiger partial charge in [-0.3, -0.25) is 9.74 Å². The Morgan fingerprint density at radius 3 is 2.06 bits per heavy atom. The Balaban J connectivity index is 1.79. The molecule has 36 heavy (non-hydrogen) atoms. The average molecular weight is 499 g/mol. The number of amides is 2. The molecule has 1 fully saturated rings. The molecular formula is C27H34N2O7. The largest absolute Gasteiger partial charge is 0.467 e. The molecule has 9 nitrogen and oxygen atoms in total. The highest BCUT2D eigenvalue weighted by molar-refractivity contribution is 5.82. The van der Waals surface area contributed by atoms with Crippen molar-refractivity contribution in [2.24, 2.45) is 0 Å². The van der Waals surface area contributed by atoms with Gasteiger partial charge in [0.05, 0.1) is 13.2 Å². The predicted octanol–water partition coefficient (Wildman–Crippen LogP) is 4.70. The van der Waals surface area contributed by atoms with Gasteiger partial charge in [0.15, 0.2) is 0 Å². The van der Waals surface area contributed by atoms with Crippen LogP contribution in [-0.4, -0.2) is 59.5 Å². The van der Waals surface area contributed by atoms with Gasteiger partial charge >= 0.3 is 18.2 Å². The summed E-state index contributed by atoms with van der Waals surface area (Å²) in [5.74, 6) is -0.539. The molecule has 194 valence electrons. The van der Waals surface area contributed by atoms with Gasteiger partial charge in [0.25, 0.3) is 0 Å². The number of benzene rings is 2. The molecular weight excluding hydrogens is 464 g/mol. The van der Waals surface area contributed by atoms with Gasteiger partial charge in [-0.25, -0.2) is 14.4 Å². The van der Waals surface area contributed by atoms with Crippen molar-refractivity contribution in [2.75, 3.05) is 13.7 Å². The molecule has 2 aromatic rings. The summed E-state index contributed by atoms with van der Waals surface area (Å²) in [4.78, 5) is 45.8. The second kappa shape index (κ2) is 12.4. The third-order valence-corrected chi connectivity index (χ3v) is 5.59. The van der Waals surface area contributed by atoms with Crippen molar-refractivity contribution < 1.29 is 33.4 Å². The molecule has 1 aliphatic rings. The first-order chi connectivity index (χ1) is 17.2. The molecule has 0 aromatic heterocycles. The third kappa shape index (κ3) is 7.71. The minimum Gasteiger partial charge on any atom is -0.467 e. The van der Waals surface area contributed by atoms with Crippen LogP contribution in [0.15, 0.2) is 60.7 Å². The molecule has 9 heteroatoms. The van der Waals surface area contributed by atoms with Gasteiger partial charge in [0.1, 0.15) is 24.9 Å². The van der Waals surface area contributed by atoms with E-state index in [4.69, 9.17) is 19.0 Å². The molecule has 0 bridgehead atoms. The van der Waals surface area contributed by atoms with Crippen LogP contribution in [0.4, 0.5) is 9.59 Å². The number of carbonyl (C=O) groups is 3. The highest BCUT2D eigenvalue weighted by atomic mass is 16.7. The lowest BCUT2D eigenvalue weighted by Gasteiger charge is -2.41. The van der Waals surface area contributed by atoms with Crippen LogP contribution in [0.25, 0.3) is 0 Å². The van der Waals surface area contributed by atoms with Crippen molar-refractivity contribution in [2.45, 2.75) is 64.5 Å². The number of hydrogen-bond donors (Lipinski definition) is 0. The predicted molar refractivity (Wildman–Crippen MR) is 131 cm³/mol. The minimum atomic E-state index is -0.822. The highest BCUT2D eigenvalue weighted by Crippen LogP contribution is 2.26. The van der Waals surface area contributed by atoms with E-state index in [0.717, 1.165) is 11.1 Å². The summed E-state index contributed by atoms with van der Waals surface area (Å²) in [7, 11) is 1.28. The summed E-state index contributed by atoms with van der Waals surface area (Å²) in [6, 6.07) is 17.3. The summed E-state index contributed by atoms with van der Waals surface area (Å²) < 4.78 is 16.0. The van der Waals surface area contributed by atoms with E-state index in [1.807, 2.05) is 60.7 Å². The van der Waals surface area contributed by atoms with E-state index in [1.165, 1.54) is 17.1 Å². The van der Waals surface area contributed by atoms with E-state index in [2.05, 4.69) is 0 Å². The van der Waals surface area contributed by atoms with Gasteiger partial charge in [-0.2, -0.15) is 5.06 Å². The van der Waals surface area contributed by atoms with Crippen LogP contribution in [-0.2, 0) is 37.1 Å². The maximum absolute atomic E-state index is 13.2. The number of piperidine rings is 1. The normalized spacial score (nSPS) is 17.7. The number of nitrogens with zero attached hydrogens (tertiary/aromatic N) is 2. The summed E-state index contributed by atoms with van der Waals surface area (Å²) in [6.07, 6.45) is -0.675. The van der Waals surface area contributed by atoms with E-state index >= 15 is 0 Å². The number of carbonyl (C=O) groups excluding carboxylic acids is 3. The second-order valence-electron chi connectivity index (χ2n) is 9.53. The lowest BCUT2D eigenvalue weighted by molar-refractivity contribution is -0.185. The fourth-order valence-corrected chi connectivity index (χ4v) is 3.85. The molecule has 1 saturated heterocycles. The van der Waals surface area contributed by atoms with Crippen LogP contribution in [0.3, 0.4) is 0 Å². The Hall–Kier alpha value is -3.59. The van der Waals surface area contributed by atoms with Crippen molar-refractivity contribution in [1.29, 1.82) is 0 Å². The standard InChI is InChI=1S/C27H34N2O7/c1-27(2,3)36-25(31)28-17-22(15-16-23(28)24(30)33-4)29(35-19-21-13-9-6-10-14-21)26(32)34-18-20-11-7-5-8-12-20/h5-14,22-23H,15-19H2,1-4H3. The Morgan fingerprint density at radius 1 is 0.917 bits per heavy atom. The lowest BCUT2D eigenvalue weighted by atomic mass is 9.98. The van der Waals surface area contributed by atoms with Crippen molar-refractivity contribution in [1.82, 2.24) is 9.96 Å². The number of hydroxylamine groups is 2.